The third-order valence-corrected chi connectivity index (χ3v) is 9.96. The van der Waals surface area contributed by atoms with Gasteiger partial charge in [0, 0.05) is 11.6 Å². The Labute approximate surface area is 96.3 Å². The molecule has 0 rings (SSSR count). The lowest BCUT2D eigenvalue weighted by Crippen LogP contribution is -2.58. The monoisotopic (exact) mass is 249 g/mol. The van der Waals surface area contributed by atoms with Gasteiger partial charge in [-0.3, -0.25) is 0 Å². The molecule has 0 unspecified atom stereocenters. The summed E-state index contributed by atoms with van der Waals surface area (Å²) in [5.41, 5.74) is 0. The Morgan fingerprint density at radius 3 is 1.64 bits per heavy atom. The van der Waals surface area contributed by atoms with Crippen molar-refractivity contribution in [1.82, 2.24) is 4.23 Å². The van der Waals surface area contributed by atoms with Gasteiger partial charge >= 0.3 is 0 Å². The first kappa shape index (κ1) is 14.4. The summed E-state index contributed by atoms with van der Waals surface area (Å²) in [4.78, 5) is 0. The first-order valence-electron chi connectivity index (χ1n) is 5.15. The molecule has 0 saturated carbocycles. The van der Waals surface area contributed by atoms with E-state index in [-0.39, 0.29) is 0 Å². The van der Waals surface area contributed by atoms with Crippen LogP contribution in [0.15, 0.2) is 11.1 Å². The molecule has 1 nitrogen and oxygen atoms in total. The quantitative estimate of drug-likeness (QED) is 0.679. The van der Waals surface area contributed by atoms with Crippen LogP contribution in [0.1, 0.15) is 6.92 Å². The molecule has 14 heavy (non-hydrogen) atoms. The molecule has 0 fully saturated rings. The fourth-order valence-corrected chi connectivity index (χ4v) is 11.2. The number of allylic oxidation sites excluding steroid dienone is 1. The van der Waals surface area contributed by atoms with Crippen LogP contribution in [-0.4, -0.2) is 27.2 Å². The average Bonchev–Trinajstić information content (AvgIpc) is 1.78. The topological polar surface area (TPSA) is 3.24 Å². The molecular formula is C10H24ClNSi2. The smallest absolute Gasteiger partial charge is 0.112 e. The van der Waals surface area contributed by atoms with Gasteiger partial charge in [0.05, 0.1) is 0 Å². The molecule has 4 heteroatoms. The van der Waals surface area contributed by atoms with Crippen LogP contribution >= 0.6 is 11.6 Å². The second-order valence-electron chi connectivity index (χ2n) is 5.74. The number of nitrogens with zero attached hydrogens (tertiary/aromatic N) is 1. The molecule has 0 aromatic carbocycles. The molecule has 0 amide bonds. The summed E-state index contributed by atoms with van der Waals surface area (Å²) >= 11 is 5.89. The van der Waals surface area contributed by atoms with E-state index in [1.165, 1.54) is 0 Å². The summed E-state index contributed by atoms with van der Waals surface area (Å²) in [5, 5.41) is 0.909. The van der Waals surface area contributed by atoms with Gasteiger partial charge in [0.25, 0.3) is 0 Å². The van der Waals surface area contributed by atoms with Crippen LogP contribution in [0.2, 0.25) is 39.3 Å². The third-order valence-electron chi connectivity index (χ3n) is 2.17. The van der Waals surface area contributed by atoms with E-state index in [2.05, 4.69) is 49.6 Å². The fraction of sp³-hybridized carbons (Fsp3) is 0.800. The van der Waals surface area contributed by atoms with E-state index < -0.39 is 16.5 Å². The van der Waals surface area contributed by atoms with Gasteiger partial charge in [0.15, 0.2) is 0 Å². The molecule has 0 aliphatic heterocycles. The standard InChI is InChI=1S/C10H24ClNSi2/c1-10(11)8-9-12(13(2,3)4)14(5,6)7/h8H,9H2,1-7H3/b10-8-. The maximum Gasteiger partial charge on any atom is 0.112 e. The minimum atomic E-state index is -1.20. The van der Waals surface area contributed by atoms with Crippen molar-refractivity contribution in [3.63, 3.8) is 0 Å². The molecule has 0 aromatic rings. The highest BCUT2D eigenvalue weighted by Gasteiger charge is 2.33. The van der Waals surface area contributed by atoms with Crippen molar-refractivity contribution >= 4 is 28.1 Å². The van der Waals surface area contributed by atoms with E-state index in [1.54, 1.807) is 0 Å². The molecule has 0 N–H and O–H groups in total. The van der Waals surface area contributed by atoms with Crippen LogP contribution < -0.4 is 0 Å². The van der Waals surface area contributed by atoms with Crippen LogP contribution in [0.5, 0.6) is 0 Å². The molecule has 0 aliphatic rings. The minimum absolute atomic E-state index is 0.909. The van der Waals surface area contributed by atoms with Crippen molar-refractivity contribution in [2.75, 3.05) is 6.54 Å². The zero-order chi connectivity index (χ0) is 11.6. The van der Waals surface area contributed by atoms with Crippen LogP contribution in [0.25, 0.3) is 0 Å². The number of halogens is 1. The maximum absolute atomic E-state index is 5.89. The van der Waals surface area contributed by atoms with Gasteiger partial charge in [-0.25, -0.2) is 0 Å². The molecule has 0 atom stereocenters. The Kier molecular flexibility index (Phi) is 5.12. The molecule has 0 aliphatic carbocycles. The van der Waals surface area contributed by atoms with Gasteiger partial charge in [-0.05, 0) is 6.92 Å². The molecule has 0 saturated heterocycles. The zero-order valence-corrected chi connectivity index (χ0v) is 13.4. The lowest BCUT2D eigenvalue weighted by molar-refractivity contribution is 0.686. The number of hydrogen-bond donors (Lipinski definition) is 0. The number of hydrogen-bond acceptors (Lipinski definition) is 1. The van der Waals surface area contributed by atoms with Crippen molar-refractivity contribution in [3.8, 4) is 0 Å². The average molecular weight is 250 g/mol. The first-order valence-corrected chi connectivity index (χ1v) is 12.4. The highest BCUT2D eigenvalue weighted by atomic mass is 35.5. The maximum atomic E-state index is 5.89. The third kappa shape index (κ3) is 5.34. The molecule has 0 heterocycles. The van der Waals surface area contributed by atoms with Crippen molar-refractivity contribution in [1.29, 1.82) is 0 Å². The Morgan fingerprint density at radius 2 is 1.43 bits per heavy atom. The fourth-order valence-electron chi connectivity index (χ4n) is 1.77. The Bertz CT molecular complexity index is 195. The van der Waals surface area contributed by atoms with Crippen LogP contribution in [0, 0.1) is 0 Å². The molecule has 0 radical (unpaired) electrons. The molecule has 0 aromatic heterocycles. The Balaban J connectivity index is 4.69. The largest absolute Gasteiger partial charge is 0.342 e. The van der Waals surface area contributed by atoms with Crippen molar-refractivity contribution in [2.24, 2.45) is 0 Å². The van der Waals surface area contributed by atoms with E-state index in [9.17, 15) is 0 Å². The predicted octanol–water partition coefficient (Wildman–Crippen LogP) is 4.10. The van der Waals surface area contributed by atoms with Crippen molar-refractivity contribution in [3.05, 3.63) is 11.1 Å². The van der Waals surface area contributed by atoms with Gasteiger partial charge in [-0.15, -0.1) is 0 Å². The predicted molar refractivity (Wildman–Crippen MR) is 73.0 cm³/mol. The van der Waals surface area contributed by atoms with E-state index >= 15 is 0 Å². The van der Waals surface area contributed by atoms with Crippen molar-refractivity contribution < 1.29 is 0 Å². The van der Waals surface area contributed by atoms with Crippen LogP contribution in [0.3, 0.4) is 0 Å². The summed E-state index contributed by atoms with van der Waals surface area (Å²) in [6.45, 7) is 17.4. The van der Waals surface area contributed by atoms with E-state index in [0.717, 1.165) is 11.6 Å². The van der Waals surface area contributed by atoms with Gasteiger partial charge in [-0.2, -0.15) is 0 Å². The summed E-state index contributed by atoms with van der Waals surface area (Å²) in [5.74, 6) is 0. The Hall–Kier alpha value is 0.424. The van der Waals surface area contributed by atoms with E-state index in [1.807, 2.05) is 6.92 Å². The van der Waals surface area contributed by atoms with Gasteiger partial charge in [0.1, 0.15) is 16.5 Å². The summed E-state index contributed by atoms with van der Waals surface area (Å²) in [6.07, 6.45) is 2.14. The van der Waals surface area contributed by atoms with Crippen LogP contribution in [-0.2, 0) is 0 Å². The van der Waals surface area contributed by atoms with E-state index in [4.69, 9.17) is 11.6 Å². The van der Waals surface area contributed by atoms with Gasteiger partial charge in [0.2, 0.25) is 0 Å². The highest BCUT2D eigenvalue weighted by Crippen LogP contribution is 2.19. The summed E-state index contributed by atoms with van der Waals surface area (Å²) in [6, 6.07) is 0. The summed E-state index contributed by atoms with van der Waals surface area (Å²) in [7, 11) is -2.39. The normalized spacial score (nSPS) is 15.1. The second kappa shape index (κ2) is 4.97. The molecule has 0 spiro atoms. The van der Waals surface area contributed by atoms with Gasteiger partial charge < -0.3 is 4.23 Å². The lowest BCUT2D eigenvalue weighted by Gasteiger charge is -2.43. The SMILES string of the molecule is C/C(Cl)=C/CN([Si](C)(C)C)[Si](C)(C)C. The highest BCUT2D eigenvalue weighted by molar-refractivity contribution is 6.89. The van der Waals surface area contributed by atoms with Crippen LogP contribution in [0.4, 0.5) is 0 Å². The number of rotatable bonds is 4. The second-order valence-corrected chi connectivity index (χ2v) is 16.5. The van der Waals surface area contributed by atoms with Gasteiger partial charge in [-0.1, -0.05) is 57.0 Å². The minimum Gasteiger partial charge on any atom is -0.342 e. The molecule has 0 bridgehead atoms. The Morgan fingerprint density at radius 1 is 1.07 bits per heavy atom. The molecular weight excluding hydrogens is 226 g/mol. The zero-order valence-electron chi connectivity index (χ0n) is 10.6. The van der Waals surface area contributed by atoms with Crippen molar-refractivity contribution in [2.45, 2.75) is 46.2 Å². The summed E-state index contributed by atoms with van der Waals surface area (Å²) < 4.78 is 2.71. The lowest BCUT2D eigenvalue weighted by atomic mass is 10.5. The van der Waals surface area contributed by atoms with E-state index in [0.29, 0.717) is 0 Å². The first-order chi connectivity index (χ1) is 6.05. The molecule has 84 valence electrons.